The van der Waals surface area contributed by atoms with Gasteiger partial charge in [-0.1, -0.05) is 80.6 Å². The van der Waals surface area contributed by atoms with E-state index in [1.165, 1.54) is 24.2 Å². The van der Waals surface area contributed by atoms with Gasteiger partial charge in [0.2, 0.25) is 17.7 Å². The summed E-state index contributed by atoms with van der Waals surface area (Å²) in [7, 11) is 0. The lowest BCUT2D eigenvalue weighted by Crippen LogP contribution is -2.53. The van der Waals surface area contributed by atoms with Crippen LogP contribution in [0.5, 0.6) is 0 Å². The van der Waals surface area contributed by atoms with Crippen molar-refractivity contribution in [3.8, 4) is 0 Å². The molecule has 2 aromatic carbocycles. The van der Waals surface area contributed by atoms with Crippen LogP contribution in [0.2, 0.25) is 0 Å². The van der Waals surface area contributed by atoms with Crippen molar-refractivity contribution in [3.05, 3.63) is 71.9 Å². The molecule has 2 atom stereocenters. The van der Waals surface area contributed by atoms with Gasteiger partial charge in [0.05, 0.1) is 13.0 Å². The first-order valence-electron chi connectivity index (χ1n) is 16.1. The van der Waals surface area contributed by atoms with Crippen LogP contribution in [0.25, 0.3) is 10.9 Å². The summed E-state index contributed by atoms with van der Waals surface area (Å²) in [6.45, 7) is 0.593. The van der Waals surface area contributed by atoms with Gasteiger partial charge in [-0.2, -0.15) is 0 Å². The summed E-state index contributed by atoms with van der Waals surface area (Å²) in [6.07, 6.45) is 10.6. The lowest BCUT2D eigenvalue weighted by atomic mass is 9.87. The zero-order valence-electron chi connectivity index (χ0n) is 25.4. The number of fused-ring (bicyclic) bond motifs is 1. The molecule has 5 rings (SSSR count). The average Bonchev–Trinajstić information content (AvgIpc) is 3.70. The van der Waals surface area contributed by atoms with E-state index in [4.69, 9.17) is 0 Å². The minimum absolute atomic E-state index is 0.119. The molecule has 0 radical (unpaired) electrons. The summed E-state index contributed by atoms with van der Waals surface area (Å²) in [5.41, 5.74) is 2.86. The number of likely N-dealkylation sites (tertiary alicyclic amines) is 1. The maximum atomic E-state index is 14.3. The number of benzene rings is 2. The number of hydrogen-bond donors (Lipinski definition) is 3. The maximum absolute atomic E-state index is 14.3. The fraction of sp³-hybridized carbons (Fsp3) is 0.486. The lowest BCUT2D eigenvalue weighted by Gasteiger charge is -2.32. The minimum atomic E-state index is -1.01. The van der Waals surface area contributed by atoms with Gasteiger partial charge in [-0.3, -0.25) is 14.4 Å². The molecule has 1 saturated carbocycles. The molecule has 3 aromatic rings. The van der Waals surface area contributed by atoms with Crippen LogP contribution in [-0.4, -0.2) is 75.3 Å². The highest BCUT2D eigenvalue weighted by atomic mass is 16.4. The zero-order valence-corrected chi connectivity index (χ0v) is 25.4. The van der Waals surface area contributed by atoms with Crippen molar-refractivity contribution in [2.45, 2.75) is 82.7 Å². The number of rotatable bonds is 13. The topological polar surface area (TPSA) is 123 Å². The van der Waals surface area contributed by atoms with Gasteiger partial charge in [0, 0.05) is 30.2 Å². The second-order valence-electron chi connectivity index (χ2n) is 12.3. The number of nitrogens with zero attached hydrogens (tertiary/aromatic N) is 2. The van der Waals surface area contributed by atoms with Crippen LogP contribution in [0.1, 0.15) is 68.9 Å². The van der Waals surface area contributed by atoms with Crippen molar-refractivity contribution in [1.29, 1.82) is 0 Å². The molecule has 1 aliphatic carbocycles. The zero-order chi connectivity index (χ0) is 30.9. The smallest absolute Gasteiger partial charge is 0.326 e. The molecule has 2 heterocycles. The Hall–Kier alpha value is -4.14. The first-order chi connectivity index (χ1) is 21.4. The van der Waals surface area contributed by atoms with Crippen LogP contribution in [0, 0.1) is 5.92 Å². The summed E-state index contributed by atoms with van der Waals surface area (Å²) >= 11 is 0. The number of aliphatic carboxylic acids is 1. The highest BCUT2D eigenvalue weighted by molar-refractivity contribution is 5.94. The summed E-state index contributed by atoms with van der Waals surface area (Å²) < 4.78 is 0. The molecule has 2 fully saturated rings. The van der Waals surface area contributed by atoms with Gasteiger partial charge in [0.15, 0.2) is 0 Å². The Labute approximate surface area is 259 Å². The number of aromatic amines is 1. The van der Waals surface area contributed by atoms with Gasteiger partial charge < -0.3 is 25.2 Å². The first kappa shape index (κ1) is 31.3. The number of aryl methyl sites for hydroxylation is 1. The van der Waals surface area contributed by atoms with E-state index in [0.717, 1.165) is 41.3 Å². The maximum Gasteiger partial charge on any atom is 0.326 e. The SMILES string of the molecule is O=C(Cc1c[nH]c2ccccc12)N[C@@H](CCc1ccccc1)C(=O)N(CCC1CCCCC1)CC(=O)N1CCC[C@H]1C(=O)O. The number of carboxylic acid groups (broad SMARTS) is 1. The van der Waals surface area contributed by atoms with Crippen LogP contribution in [0.15, 0.2) is 60.8 Å². The number of H-pyrrole nitrogens is 1. The Balaban J connectivity index is 1.34. The molecule has 1 saturated heterocycles. The van der Waals surface area contributed by atoms with E-state index in [1.54, 1.807) is 4.90 Å². The molecule has 0 bridgehead atoms. The second-order valence-corrected chi connectivity index (χ2v) is 12.3. The molecular weight excluding hydrogens is 556 g/mol. The number of carbonyl (C=O) groups excluding carboxylic acids is 3. The molecule has 3 amide bonds. The standard InChI is InChI=1S/C35H44N4O5/c40-32(22-27-23-36-29-15-8-7-14-28(27)29)37-30(18-17-25-10-3-1-4-11-25)34(42)38(21-19-26-12-5-2-6-13-26)24-33(41)39-20-9-16-31(39)35(43)44/h1,3-4,7-8,10-11,14-15,23,26,30-31,36H,2,5-6,9,12-13,16-22,24H2,(H,37,40)(H,43,44)/t30-,31-/m0/s1. The second kappa shape index (κ2) is 15.0. The molecule has 0 spiro atoms. The van der Waals surface area contributed by atoms with Crippen LogP contribution in [0.3, 0.4) is 0 Å². The highest BCUT2D eigenvalue weighted by Gasteiger charge is 2.36. The molecule has 0 unspecified atom stereocenters. The Morgan fingerprint density at radius 1 is 0.955 bits per heavy atom. The fourth-order valence-electron chi connectivity index (χ4n) is 6.79. The molecule has 44 heavy (non-hydrogen) atoms. The first-order valence-corrected chi connectivity index (χ1v) is 16.1. The van der Waals surface area contributed by atoms with Gasteiger partial charge >= 0.3 is 5.97 Å². The normalized spacial score (nSPS) is 17.8. The molecule has 1 aromatic heterocycles. The Bertz CT molecular complexity index is 1430. The molecule has 9 nitrogen and oxygen atoms in total. The Morgan fingerprint density at radius 3 is 2.48 bits per heavy atom. The van der Waals surface area contributed by atoms with E-state index in [0.29, 0.717) is 44.7 Å². The Kier molecular flexibility index (Phi) is 10.7. The number of aromatic nitrogens is 1. The predicted octanol–water partition coefficient (Wildman–Crippen LogP) is 4.70. The van der Waals surface area contributed by atoms with E-state index in [-0.39, 0.29) is 30.7 Å². The number of para-hydroxylation sites is 1. The average molecular weight is 601 g/mol. The quantitative estimate of drug-likeness (QED) is 0.263. The summed E-state index contributed by atoms with van der Waals surface area (Å²) in [5, 5.41) is 13.6. The number of nitrogens with one attached hydrogen (secondary N) is 2. The monoisotopic (exact) mass is 600 g/mol. The van der Waals surface area contributed by atoms with Crippen molar-refractivity contribution < 1.29 is 24.3 Å². The van der Waals surface area contributed by atoms with Gasteiger partial charge in [-0.05, 0) is 55.2 Å². The number of carbonyl (C=O) groups is 4. The van der Waals surface area contributed by atoms with Crippen LogP contribution in [0.4, 0.5) is 0 Å². The molecule has 234 valence electrons. The third-order valence-electron chi connectivity index (χ3n) is 9.25. The minimum Gasteiger partial charge on any atom is -0.480 e. The highest BCUT2D eigenvalue weighted by Crippen LogP contribution is 2.27. The van der Waals surface area contributed by atoms with Crippen LogP contribution < -0.4 is 5.32 Å². The predicted molar refractivity (Wildman–Crippen MR) is 169 cm³/mol. The molecule has 2 aliphatic rings. The molecule has 3 N–H and O–H groups in total. The summed E-state index contributed by atoms with van der Waals surface area (Å²) in [4.78, 5) is 59.1. The third kappa shape index (κ3) is 8.07. The van der Waals surface area contributed by atoms with Gasteiger partial charge in [-0.25, -0.2) is 4.79 Å². The van der Waals surface area contributed by atoms with Crippen molar-refractivity contribution in [1.82, 2.24) is 20.1 Å². The molecular formula is C35H44N4O5. The van der Waals surface area contributed by atoms with Gasteiger partial charge in [-0.15, -0.1) is 0 Å². The largest absolute Gasteiger partial charge is 0.480 e. The lowest BCUT2D eigenvalue weighted by molar-refractivity contribution is -0.150. The Morgan fingerprint density at radius 2 is 1.70 bits per heavy atom. The van der Waals surface area contributed by atoms with Crippen LogP contribution >= 0.6 is 0 Å². The van der Waals surface area contributed by atoms with Gasteiger partial charge in [0.1, 0.15) is 12.1 Å². The van der Waals surface area contributed by atoms with Crippen molar-refractivity contribution >= 4 is 34.6 Å². The number of carboxylic acids is 1. The summed E-state index contributed by atoms with van der Waals surface area (Å²) in [5.74, 6) is -1.42. The van der Waals surface area contributed by atoms with E-state index in [2.05, 4.69) is 10.3 Å². The van der Waals surface area contributed by atoms with E-state index in [9.17, 15) is 24.3 Å². The summed E-state index contributed by atoms with van der Waals surface area (Å²) in [6, 6.07) is 16.0. The van der Waals surface area contributed by atoms with E-state index >= 15 is 0 Å². The van der Waals surface area contributed by atoms with Crippen molar-refractivity contribution in [3.63, 3.8) is 0 Å². The van der Waals surface area contributed by atoms with E-state index in [1.807, 2.05) is 60.8 Å². The van der Waals surface area contributed by atoms with E-state index < -0.39 is 18.1 Å². The molecule has 1 aliphatic heterocycles. The third-order valence-corrected chi connectivity index (χ3v) is 9.25. The number of hydrogen-bond acceptors (Lipinski definition) is 4. The number of amides is 3. The fourth-order valence-corrected chi connectivity index (χ4v) is 6.79. The van der Waals surface area contributed by atoms with Crippen molar-refractivity contribution in [2.24, 2.45) is 5.92 Å². The van der Waals surface area contributed by atoms with Crippen molar-refractivity contribution in [2.75, 3.05) is 19.6 Å². The molecule has 9 heteroatoms. The van der Waals surface area contributed by atoms with Crippen LogP contribution in [-0.2, 0) is 32.0 Å². The van der Waals surface area contributed by atoms with Gasteiger partial charge in [0.25, 0.3) is 0 Å².